The van der Waals surface area contributed by atoms with E-state index < -0.39 is 0 Å². The van der Waals surface area contributed by atoms with Gasteiger partial charge >= 0.3 is 0 Å². The number of nitrogens with zero attached hydrogens (tertiary/aromatic N) is 1. The molecular formula is C19H25FIN3O. The monoisotopic (exact) mass is 457 g/mol. The molecule has 0 heterocycles. The number of aryl methyl sites for hydroxylation is 1. The lowest BCUT2D eigenvalue weighted by Gasteiger charge is -2.13. The summed E-state index contributed by atoms with van der Waals surface area (Å²) in [5.41, 5.74) is 2.67. The number of aliphatic imine (C=N–C) groups is 1. The van der Waals surface area contributed by atoms with Crippen LogP contribution < -0.4 is 15.4 Å². The highest BCUT2D eigenvalue weighted by atomic mass is 127. The Kier molecular flexibility index (Phi) is 9.26. The summed E-state index contributed by atoms with van der Waals surface area (Å²) >= 11 is 0. The minimum absolute atomic E-state index is 0. The average molecular weight is 457 g/mol. The summed E-state index contributed by atoms with van der Waals surface area (Å²) in [4.78, 5) is 4.19. The predicted octanol–water partition coefficient (Wildman–Crippen LogP) is 3.67. The van der Waals surface area contributed by atoms with Crippen molar-refractivity contribution in [3.05, 3.63) is 65.0 Å². The fourth-order valence-corrected chi connectivity index (χ4v) is 2.38. The van der Waals surface area contributed by atoms with Gasteiger partial charge in [0.05, 0.1) is 7.11 Å². The number of hydrogen-bond donors (Lipinski definition) is 2. The standard InChI is InChI=1S/C19H24FN3O.HI/c1-14-8-9-15(12-17(14)20)13-23-19(21-2)22-11-10-16-6-4-5-7-18(16)24-3;/h4-9,12H,10-11,13H2,1-3H3,(H2,21,22,23);1H. The number of ether oxygens (including phenoxy) is 1. The van der Waals surface area contributed by atoms with Gasteiger partial charge in [-0.1, -0.05) is 30.3 Å². The van der Waals surface area contributed by atoms with Crippen LogP contribution in [0.15, 0.2) is 47.5 Å². The van der Waals surface area contributed by atoms with Crippen LogP contribution in [0.25, 0.3) is 0 Å². The molecule has 2 rings (SSSR count). The number of guanidine groups is 1. The number of para-hydroxylation sites is 1. The Balaban J connectivity index is 0.00000312. The largest absolute Gasteiger partial charge is 0.496 e. The molecule has 0 amide bonds. The summed E-state index contributed by atoms with van der Waals surface area (Å²) in [6, 6.07) is 13.2. The van der Waals surface area contributed by atoms with Gasteiger partial charge in [0.1, 0.15) is 11.6 Å². The molecular weight excluding hydrogens is 432 g/mol. The van der Waals surface area contributed by atoms with Crippen molar-refractivity contribution in [2.45, 2.75) is 19.9 Å². The van der Waals surface area contributed by atoms with Gasteiger partial charge in [-0.05, 0) is 42.2 Å². The highest BCUT2D eigenvalue weighted by molar-refractivity contribution is 14.0. The Hall–Kier alpha value is -1.83. The Morgan fingerprint density at radius 1 is 1.16 bits per heavy atom. The topological polar surface area (TPSA) is 45.7 Å². The zero-order chi connectivity index (χ0) is 17.4. The molecule has 0 aliphatic rings. The summed E-state index contributed by atoms with van der Waals surface area (Å²) in [6.07, 6.45) is 0.823. The first kappa shape index (κ1) is 21.2. The van der Waals surface area contributed by atoms with E-state index in [4.69, 9.17) is 4.74 Å². The summed E-state index contributed by atoms with van der Waals surface area (Å²) in [7, 11) is 3.39. The van der Waals surface area contributed by atoms with Crippen molar-refractivity contribution in [3.8, 4) is 5.75 Å². The van der Waals surface area contributed by atoms with Gasteiger partial charge in [-0.2, -0.15) is 0 Å². The van der Waals surface area contributed by atoms with Gasteiger partial charge in [0.25, 0.3) is 0 Å². The van der Waals surface area contributed by atoms with Gasteiger partial charge in [-0.25, -0.2) is 4.39 Å². The Morgan fingerprint density at radius 3 is 2.60 bits per heavy atom. The number of nitrogens with one attached hydrogen (secondary N) is 2. The molecule has 0 saturated heterocycles. The maximum absolute atomic E-state index is 13.6. The molecule has 0 aliphatic carbocycles. The van der Waals surface area contributed by atoms with Crippen LogP contribution in [0.3, 0.4) is 0 Å². The Bertz CT molecular complexity index is 707. The fourth-order valence-electron chi connectivity index (χ4n) is 2.38. The van der Waals surface area contributed by atoms with Crippen LogP contribution in [0.4, 0.5) is 4.39 Å². The second-order valence-corrected chi connectivity index (χ2v) is 5.50. The molecule has 0 bridgehead atoms. The molecule has 6 heteroatoms. The predicted molar refractivity (Wildman–Crippen MR) is 111 cm³/mol. The molecule has 25 heavy (non-hydrogen) atoms. The number of hydrogen-bond acceptors (Lipinski definition) is 2. The van der Waals surface area contributed by atoms with Crippen LogP contribution in [-0.2, 0) is 13.0 Å². The molecule has 2 aromatic rings. The Labute approximate surface area is 165 Å². The first-order valence-electron chi connectivity index (χ1n) is 7.95. The van der Waals surface area contributed by atoms with E-state index >= 15 is 0 Å². The lowest BCUT2D eigenvalue weighted by atomic mass is 10.1. The Morgan fingerprint density at radius 2 is 1.92 bits per heavy atom. The lowest BCUT2D eigenvalue weighted by molar-refractivity contribution is 0.409. The van der Waals surface area contributed by atoms with Gasteiger partial charge in [-0.3, -0.25) is 4.99 Å². The first-order chi connectivity index (χ1) is 11.6. The van der Waals surface area contributed by atoms with Crippen molar-refractivity contribution in [1.29, 1.82) is 0 Å². The van der Waals surface area contributed by atoms with E-state index in [2.05, 4.69) is 15.6 Å². The number of methoxy groups -OCH3 is 1. The first-order valence-corrected chi connectivity index (χ1v) is 7.95. The second-order valence-electron chi connectivity index (χ2n) is 5.50. The highest BCUT2D eigenvalue weighted by Crippen LogP contribution is 2.17. The highest BCUT2D eigenvalue weighted by Gasteiger charge is 2.04. The van der Waals surface area contributed by atoms with Crippen LogP contribution in [-0.4, -0.2) is 26.7 Å². The molecule has 0 saturated carbocycles. The molecule has 0 fully saturated rings. The van der Waals surface area contributed by atoms with E-state index in [0.29, 0.717) is 18.1 Å². The quantitative estimate of drug-likeness (QED) is 0.396. The molecule has 2 N–H and O–H groups in total. The van der Waals surface area contributed by atoms with Crippen LogP contribution in [0.1, 0.15) is 16.7 Å². The normalized spacial score (nSPS) is 10.8. The minimum atomic E-state index is -0.187. The van der Waals surface area contributed by atoms with Crippen molar-refractivity contribution in [2.24, 2.45) is 4.99 Å². The van der Waals surface area contributed by atoms with Crippen LogP contribution in [0.2, 0.25) is 0 Å². The third-order valence-electron chi connectivity index (χ3n) is 3.80. The molecule has 0 unspecified atom stereocenters. The zero-order valence-electron chi connectivity index (χ0n) is 14.8. The van der Waals surface area contributed by atoms with Gasteiger partial charge < -0.3 is 15.4 Å². The van der Waals surface area contributed by atoms with Crippen LogP contribution in [0, 0.1) is 12.7 Å². The fraction of sp³-hybridized carbons (Fsp3) is 0.316. The third kappa shape index (κ3) is 6.53. The van der Waals surface area contributed by atoms with Gasteiger partial charge in [0.2, 0.25) is 0 Å². The smallest absolute Gasteiger partial charge is 0.191 e. The van der Waals surface area contributed by atoms with E-state index in [1.165, 1.54) is 0 Å². The van der Waals surface area contributed by atoms with E-state index in [1.54, 1.807) is 33.2 Å². The molecule has 0 aromatic heterocycles. The van der Waals surface area contributed by atoms with Gasteiger partial charge in [0.15, 0.2) is 5.96 Å². The molecule has 136 valence electrons. The third-order valence-corrected chi connectivity index (χ3v) is 3.80. The summed E-state index contributed by atoms with van der Waals surface area (Å²) < 4.78 is 18.9. The number of rotatable bonds is 6. The molecule has 0 radical (unpaired) electrons. The number of halogens is 2. The summed E-state index contributed by atoms with van der Waals surface area (Å²) in [5.74, 6) is 1.39. The minimum Gasteiger partial charge on any atom is -0.496 e. The summed E-state index contributed by atoms with van der Waals surface area (Å²) in [5, 5.41) is 6.44. The maximum Gasteiger partial charge on any atom is 0.191 e. The second kappa shape index (κ2) is 10.9. The summed E-state index contributed by atoms with van der Waals surface area (Å²) in [6.45, 7) is 3.00. The molecule has 0 spiro atoms. The number of benzene rings is 2. The van der Waals surface area contributed by atoms with Crippen molar-refractivity contribution in [2.75, 3.05) is 20.7 Å². The van der Waals surface area contributed by atoms with Crippen LogP contribution in [0.5, 0.6) is 5.75 Å². The van der Waals surface area contributed by atoms with E-state index in [1.807, 2.05) is 30.3 Å². The molecule has 4 nitrogen and oxygen atoms in total. The van der Waals surface area contributed by atoms with Crippen molar-refractivity contribution >= 4 is 29.9 Å². The lowest BCUT2D eigenvalue weighted by Crippen LogP contribution is -2.37. The SMILES string of the molecule is CN=C(NCCc1ccccc1OC)NCc1ccc(C)c(F)c1.I. The maximum atomic E-state index is 13.6. The van der Waals surface area contributed by atoms with E-state index in [0.717, 1.165) is 29.8 Å². The molecule has 0 atom stereocenters. The van der Waals surface area contributed by atoms with E-state index in [9.17, 15) is 4.39 Å². The van der Waals surface area contributed by atoms with Crippen molar-refractivity contribution in [1.82, 2.24) is 10.6 Å². The van der Waals surface area contributed by atoms with Crippen molar-refractivity contribution < 1.29 is 9.13 Å². The molecule has 2 aromatic carbocycles. The molecule has 0 aliphatic heterocycles. The van der Waals surface area contributed by atoms with Crippen LogP contribution >= 0.6 is 24.0 Å². The average Bonchev–Trinajstić information content (AvgIpc) is 2.61. The van der Waals surface area contributed by atoms with Crippen molar-refractivity contribution in [3.63, 3.8) is 0 Å². The van der Waals surface area contributed by atoms with Gasteiger partial charge in [0, 0.05) is 20.1 Å². The van der Waals surface area contributed by atoms with E-state index in [-0.39, 0.29) is 29.8 Å². The van der Waals surface area contributed by atoms with Gasteiger partial charge in [-0.15, -0.1) is 24.0 Å². The zero-order valence-corrected chi connectivity index (χ0v) is 17.1.